The van der Waals surface area contributed by atoms with Crippen molar-refractivity contribution in [1.29, 1.82) is 0 Å². The zero-order valence-corrected chi connectivity index (χ0v) is 11.3. The Morgan fingerprint density at radius 1 is 1.10 bits per heavy atom. The quantitative estimate of drug-likeness (QED) is 0.694. The van der Waals surface area contributed by atoms with Crippen LogP contribution in [0.1, 0.15) is 20.9 Å². The molecule has 1 amide bonds. The number of benzene rings is 1. The SMILES string of the molecule is O=C(O)c1ccc(S(=O)(=O)NNC(=O)c2ccco2)cc1. The molecule has 0 unspecified atom stereocenters. The Morgan fingerprint density at radius 2 is 1.76 bits per heavy atom. The van der Waals surface area contributed by atoms with E-state index in [4.69, 9.17) is 9.52 Å². The lowest BCUT2D eigenvalue weighted by Gasteiger charge is -2.07. The van der Waals surface area contributed by atoms with E-state index in [0.717, 1.165) is 24.3 Å². The highest BCUT2D eigenvalue weighted by Crippen LogP contribution is 2.10. The first-order valence-electron chi connectivity index (χ1n) is 5.59. The van der Waals surface area contributed by atoms with Gasteiger partial charge in [0.05, 0.1) is 16.7 Å². The third kappa shape index (κ3) is 3.46. The third-order valence-corrected chi connectivity index (χ3v) is 3.72. The predicted octanol–water partition coefficient (Wildman–Crippen LogP) is 0.601. The molecule has 2 rings (SSSR count). The van der Waals surface area contributed by atoms with Gasteiger partial charge in [-0.05, 0) is 36.4 Å². The first kappa shape index (κ1) is 14.8. The van der Waals surface area contributed by atoms with E-state index in [1.54, 1.807) is 0 Å². The standard InChI is InChI=1S/C12H10N2O6S/c15-11(10-2-1-7-20-10)13-14-21(18,19)9-5-3-8(4-6-9)12(16)17/h1-7,14H,(H,13,15)(H,16,17). The van der Waals surface area contributed by atoms with E-state index in [9.17, 15) is 18.0 Å². The van der Waals surface area contributed by atoms with Gasteiger partial charge in [-0.1, -0.05) is 0 Å². The Morgan fingerprint density at radius 3 is 2.29 bits per heavy atom. The van der Waals surface area contributed by atoms with Gasteiger partial charge in [-0.3, -0.25) is 10.2 Å². The summed E-state index contributed by atoms with van der Waals surface area (Å²) in [6, 6.07) is 7.37. The number of hydrogen-bond donors (Lipinski definition) is 3. The highest BCUT2D eigenvalue weighted by atomic mass is 32.2. The van der Waals surface area contributed by atoms with Crippen LogP contribution >= 0.6 is 0 Å². The van der Waals surface area contributed by atoms with Crippen molar-refractivity contribution in [3.63, 3.8) is 0 Å². The zero-order chi connectivity index (χ0) is 15.5. The van der Waals surface area contributed by atoms with Crippen molar-refractivity contribution >= 4 is 21.9 Å². The van der Waals surface area contributed by atoms with Gasteiger partial charge in [0.15, 0.2) is 5.76 Å². The van der Waals surface area contributed by atoms with Crippen LogP contribution in [-0.4, -0.2) is 25.4 Å². The number of carboxylic acid groups (broad SMARTS) is 1. The highest BCUT2D eigenvalue weighted by molar-refractivity contribution is 7.89. The molecule has 0 aliphatic heterocycles. The van der Waals surface area contributed by atoms with Gasteiger partial charge in [0.2, 0.25) is 0 Å². The number of rotatable bonds is 5. The highest BCUT2D eigenvalue weighted by Gasteiger charge is 2.17. The molecule has 21 heavy (non-hydrogen) atoms. The van der Waals surface area contributed by atoms with E-state index >= 15 is 0 Å². The maximum atomic E-state index is 11.9. The molecule has 0 spiro atoms. The molecule has 0 aliphatic rings. The Labute approximate surface area is 119 Å². The summed E-state index contributed by atoms with van der Waals surface area (Å²) in [5.41, 5.74) is 1.93. The molecule has 1 aromatic heterocycles. The topological polar surface area (TPSA) is 126 Å². The Bertz CT molecular complexity index is 750. The summed E-state index contributed by atoms with van der Waals surface area (Å²) in [6.07, 6.45) is 1.27. The first-order valence-corrected chi connectivity index (χ1v) is 7.07. The van der Waals surface area contributed by atoms with Crippen molar-refractivity contribution < 1.29 is 27.5 Å². The second kappa shape index (κ2) is 5.77. The van der Waals surface area contributed by atoms with E-state index in [0.29, 0.717) is 0 Å². The van der Waals surface area contributed by atoms with Gasteiger partial charge < -0.3 is 9.52 Å². The average molecular weight is 310 g/mol. The van der Waals surface area contributed by atoms with Gasteiger partial charge in [0.1, 0.15) is 0 Å². The van der Waals surface area contributed by atoms with Crippen LogP contribution in [0.3, 0.4) is 0 Å². The molecule has 0 radical (unpaired) electrons. The smallest absolute Gasteiger partial charge is 0.335 e. The maximum absolute atomic E-state index is 11.9. The Hall–Kier alpha value is -2.65. The Kier molecular flexibility index (Phi) is 4.05. The number of nitrogens with one attached hydrogen (secondary N) is 2. The second-order valence-corrected chi connectivity index (χ2v) is 5.55. The molecule has 3 N–H and O–H groups in total. The lowest BCUT2D eigenvalue weighted by atomic mass is 10.2. The van der Waals surface area contributed by atoms with Crippen LogP contribution in [0.15, 0.2) is 52.0 Å². The minimum absolute atomic E-state index is 0.0476. The summed E-state index contributed by atoms with van der Waals surface area (Å²) in [6.45, 7) is 0. The van der Waals surface area contributed by atoms with Crippen molar-refractivity contribution in [1.82, 2.24) is 10.3 Å². The largest absolute Gasteiger partial charge is 0.478 e. The fourth-order valence-electron chi connectivity index (χ4n) is 1.42. The summed E-state index contributed by atoms with van der Waals surface area (Å²) >= 11 is 0. The number of hydrazine groups is 1. The van der Waals surface area contributed by atoms with E-state index in [-0.39, 0.29) is 16.2 Å². The van der Waals surface area contributed by atoms with Crippen LogP contribution in [0.4, 0.5) is 0 Å². The summed E-state index contributed by atoms with van der Waals surface area (Å²) in [5, 5.41) is 8.73. The monoisotopic (exact) mass is 310 g/mol. The van der Waals surface area contributed by atoms with Gasteiger partial charge in [-0.15, -0.1) is 4.83 Å². The molecule has 0 saturated carbocycles. The molecule has 0 bridgehead atoms. The van der Waals surface area contributed by atoms with Crippen LogP contribution in [0.2, 0.25) is 0 Å². The number of sulfonamides is 1. The van der Waals surface area contributed by atoms with E-state index in [1.165, 1.54) is 18.4 Å². The summed E-state index contributed by atoms with van der Waals surface area (Å²) in [5.74, 6) is -1.98. The molecule has 1 aromatic carbocycles. The van der Waals surface area contributed by atoms with Gasteiger partial charge in [0, 0.05) is 0 Å². The van der Waals surface area contributed by atoms with Crippen molar-refractivity contribution in [3.05, 3.63) is 54.0 Å². The number of furan rings is 1. The predicted molar refractivity (Wildman–Crippen MR) is 69.9 cm³/mol. The number of carbonyl (C=O) groups excluding carboxylic acids is 1. The maximum Gasteiger partial charge on any atom is 0.335 e. The van der Waals surface area contributed by atoms with Crippen molar-refractivity contribution in [2.75, 3.05) is 0 Å². The Balaban J connectivity index is 2.08. The molecule has 0 atom stereocenters. The summed E-state index contributed by atoms with van der Waals surface area (Å²) < 4.78 is 28.6. The molecular weight excluding hydrogens is 300 g/mol. The van der Waals surface area contributed by atoms with Crippen molar-refractivity contribution in [2.24, 2.45) is 0 Å². The molecular formula is C12H10N2O6S. The number of hydrogen-bond acceptors (Lipinski definition) is 5. The van der Waals surface area contributed by atoms with Gasteiger partial charge in [0.25, 0.3) is 10.0 Å². The molecule has 2 aromatic rings. The van der Waals surface area contributed by atoms with Crippen LogP contribution in [0.25, 0.3) is 0 Å². The number of amides is 1. The average Bonchev–Trinajstić information content (AvgIpc) is 2.99. The molecule has 0 aliphatic carbocycles. The van der Waals surface area contributed by atoms with Crippen LogP contribution in [-0.2, 0) is 10.0 Å². The molecule has 0 fully saturated rings. The minimum Gasteiger partial charge on any atom is -0.478 e. The molecule has 0 saturated heterocycles. The van der Waals surface area contributed by atoms with E-state index < -0.39 is 21.9 Å². The second-order valence-electron chi connectivity index (χ2n) is 3.87. The molecule has 9 heteroatoms. The van der Waals surface area contributed by atoms with E-state index in [2.05, 4.69) is 0 Å². The van der Waals surface area contributed by atoms with Gasteiger partial charge in [-0.25, -0.2) is 13.2 Å². The summed E-state index contributed by atoms with van der Waals surface area (Å²) in [7, 11) is -4.01. The fraction of sp³-hybridized carbons (Fsp3) is 0. The van der Waals surface area contributed by atoms with Gasteiger partial charge >= 0.3 is 11.9 Å². The number of carbonyl (C=O) groups is 2. The lowest BCUT2D eigenvalue weighted by Crippen LogP contribution is -2.41. The van der Waals surface area contributed by atoms with Gasteiger partial charge in [-0.2, -0.15) is 0 Å². The van der Waals surface area contributed by atoms with Crippen LogP contribution < -0.4 is 10.3 Å². The fourth-order valence-corrected chi connectivity index (χ4v) is 2.26. The minimum atomic E-state index is -4.01. The van der Waals surface area contributed by atoms with Crippen molar-refractivity contribution in [3.8, 4) is 0 Å². The van der Waals surface area contributed by atoms with Crippen molar-refractivity contribution in [2.45, 2.75) is 4.90 Å². The van der Waals surface area contributed by atoms with Crippen LogP contribution in [0, 0.1) is 0 Å². The first-order chi connectivity index (χ1) is 9.90. The van der Waals surface area contributed by atoms with Crippen LogP contribution in [0.5, 0.6) is 0 Å². The molecule has 8 nitrogen and oxygen atoms in total. The summed E-state index contributed by atoms with van der Waals surface area (Å²) in [4.78, 5) is 23.9. The third-order valence-electron chi connectivity index (χ3n) is 2.46. The zero-order valence-electron chi connectivity index (χ0n) is 10.4. The number of aromatic carboxylic acids is 1. The normalized spacial score (nSPS) is 11.0. The lowest BCUT2D eigenvalue weighted by molar-refractivity contribution is 0.0696. The molecule has 110 valence electrons. The number of carboxylic acids is 1. The molecule has 1 heterocycles. The van der Waals surface area contributed by atoms with E-state index in [1.807, 2.05) is 10.3 Å².